The number of furan rings is 1. The van der Waals surface area contributed by atoms with E-state index in [1.54, 1.807) is 0 Å². The van der Waals surface area contributed by atoms with E-state index >= 15 is 0 Å². The third-order valence-electron chi connectivity index (χ3n) is 3.74. The lowest BCUT2D eigenvalue weighted by atomic mass is 10.1. The maximum atomic E-state index is 11.9. The van der Waals surface area contributed by atoms with Gasteiger partial charge in [0.1, 0.15) is 11.5 Å². The highest BCUT2D eigenvalue weighted by molar-refractivity contribution is 9.10. The lowest BCUT2D eigenvalue weighted by Crippen LogP contribution is -2.19. The molecule has 3 aromatic rings. The van der Waals surface area contributed by atoms with Crippen molar-refractivity contribution in [2.45, 2.75) is 13.3 Å². The van der Waals surface area contributed by atoms with Crippen LogP contribution >= 0.6 is 31.9 Å². The fraction of sp³-hybridized carbons (Fsp3) is 0.100. The summed E-state index contributed by atoms with van der Waals surface area (Å²) in [6, 6.07) is 17.3. The summed E-state index contributed by atoms with van der Waals surface area (Å²) < 4.78 is 7.76. The molecule has 1 amide bonds. The summed E-state index contributed by atoms with van der Waals surface area (Å²) in [6.45, 7) is 2.03. The number of halogens is 2. The first-order valence-corrected chi connectivity index (χ1v) is 9.52. The Morgan fingerprint density at radius 1 is 1.12 bits per heavy atom. The second-order valence-electron chi connectivity index (χ2n) is 5.76. The highest BCUT2D eigenvalue weighted by atomic mass is 79.9. The van der Waals surface area contributed by atoms with E-state index in [1.807, 2.05) is 61.5 Å². The molecule has 0 radical (unpaired) electrons. The molecule has 0 aliphatic carbocycles. The Bertz CT molecular complexity index is 947. The molecule has 0 aliphatic heterocycles. The first kappa shape index (κ1) is 18.6. The second kappa shape index (κ2) is 8.47. The Labute approximate surface area is 168 Å². The van der Waals surface area contributed by atoms with Crippen molar-refractivity contribution >= 4 is 44.0 Å². The highest BCUT2D eigenvalue weighted by Gasteiger charge is 2.06. The van der Waals surface area contributed by atoms with Gasteiger partial charge >= 0.3 is 0 Å². The van der Waals surface area contributed by atoms with Crippen LogP contribution in [-0.2, 0) is 11.2 Å². The molecule has 0 bridgehead atoms. The van der Waals surface area contributed by atoms with Crippen LogP contribution in [0.25, 0.3) is 11.3 Å². The highest BCUT2D eigenvalue weighted by Crippen LogP contribution is 2.26. The number of amides is 1. The summed E-state index contributed by atoms with van der Waals surface area (Å²) in [6.07, 6.45) is 1.76. The summed E-state index contributed by atoms with van der Waals surface area (Å²) >= 11 is 6.89. The van der Waals surface area contributed by atoms with Crippen molar-refractivity contribution in [1.29, 1.82) is 0 Å². The first-order chi connectivity index (χ1) is 12.5. The van der Waals surface area contributed by atoms with E-state index in [0.717, 1.165) is 31.4 Å². The van der Waals surface area contributed by atoms with Gasteiger partial charge in [0.15, 0.2) is 0 Å². The van der Waals surface area contributed by atoms with Crippen LogP contribution in [0.5, 0.6) is 0 Å². The van der Waals surface area contributed by atoms with E-state index in [0.29, 0.717) is 5.76 Å². The minimum Gasteiger partial charge on any atom is -0.455 e. The van der Waals surface area contributed by atoms with Crippen molar-refractivity contribution in [2.24, 2.45) is 5.10 Å². The summed E-state index contributed by atoms with van der Waals surface area (Å²) in [5.41, 5.74) is 5.57. The molecular formula is C20H16Br2N2O2. The first-order valence-electron chi connectivity index (χ1n) is 7.94. The van der Waals surface area contributed by atoms with Gasteiger partial charge in [0.2, 0.25) is 5.91 Å². The summed E-state index contributed by atoms with van der Waals surface area (Å²) in [7, 11) is 0. The zero-order chi connectivity index (χ0) is 18.5. The number of benzene rings is 2. The minimum atomic E-state index is -0.183. The van der Waals surface area contributed by atoms with Crippen LogP contribution in [0.3, 0.4) is 0 Å². The predicted octanol–water partition coefficient (Wildman–Crippen LogP) is 5.47. The Balaban J connectivity index is 1.59. The Morgan fingerprint density at radius 3 is 2.62 bits per heavy atom. The number of carbonyl (C=O) groups excluding carboxylic acids is 1. The molecule has 0 aliphatic rings. The average Bonchev–Trinajstić information content (AvgIpc) is 3.08. The normalized spacial score (nSPS) is 11.0. The number of hydrogen-bond donors (Lipinski definition) is 1. The maximum Gasteiger partial charge on any atom is 0.244 e. The molecule has 1 N–H and O–H groups in total. The zero-order valence-electron chi connectivity index (χ0n) is 14.0. The number of nitrogens with one attached hydrogen (secondary N) is 1. The maximum absolute atomic E-state index is 11.9. The third-order valence-corrected chi connectivity index (χ3v) is 5.13. The smallest absolute Gasteiger partial charge is 0.244 e. The van der Waals surface area contributed by atoms with Crippen LogP contribution < -0.4 is 5.43 Å². The fourth-order valence-electron chi connectivity index (χ4n) is 2.32. The van der Waals surface area contributed by atoms with Crippen LogP contribution in [0, 0.1) is 6.92 Å². The molecule has 4 nitrogen and oxygen atoms in total. The lowest BCUT2D eigenvalue weighted by molar-refractivity contribution is -0.120. The number of hydrogen-bond acceptors (Lipinski definition) is 3. The predicted molar refractivity (Wildman–Crippen MR) is 110 cm³/mol. The Hall–Kier alpha value is -2.18. The molecule has 0 fully saturated rings. The van der Waals surface area contributed by atoms with Gasteiger partial charge in [0.25, 0.3) is 0 Å². The van der Waals surface area contributed by atoms with Crippen LogP contribution in [-0.4, -0.2) is 12.1 Å². The van der Waals surface area contributed by atoms with E-state index in [4.69, 9.17) is 4.42 Å². The van der Waals surface area contributed by atoms with E-state index in [9.17, 15) is 4.79 Å². The summed E-state index contributed by atoms with van der Waals surface area (Å²) in [5, 5.41) is 3.96. The molecule has 2 aromatic carbocycles. The molecule has 0 atom stereocenters. The Kier molecular flexibility index (Phi) is 6.06. The van der Waals surface area contributed by atoms with Gasteiger partial charge in [-0.25, -0.2) is 5.43 Å². The monoisotopic (exact) mass is 474 g/mol. The largest absolute Gasteiger partial charge is 0.455 e. The van der Waals surface area contributed by atoms with E-state index in [1.165, 1.54) is 6.21 Å². The quantitative estimate of drug-likeness (QED) is 0.392. The summed E-state index contributed by atoms with van der Waals surface area (Å²) in [5.74, 6) is 1.13. The molecule has 0 spiro atoms. The standard InChI is InChI=1S/C20H16Br2N2O2/c1-13-2-5-15(11-18(13)22)19-9-8-17(26-19)12-23-24-20(25)10-14-3-6-16(21)7-4-14/h2-9,11-12H,10H2,1H3,(H,24,25)/b23-12-. The summed E-state index contributed by atoms with van der Waals surface area (Å²) in [4.78, 5) is 11.9. The number of rotatable bonds is 5. The van der Waals surface area contributed by atoms with Gasteiger partial charge < -0.3 is 4.42 Å². The van der Waals surface area contributed by atoms with E-state index in [2.05, 4.69) is 42.4 Å². The molecule has 3 rings (SSSR count). The number of nitrogens with zero attached hydrogens (tertiary/aromatic N) is 1. The number of aryl methyl sites for hydroxylation is 1. The topological polar surface area (TPSA) is 54.6 Å². The van der Waals surface area contributed by atoms with Crippen molar-refractivity contribution in [2.75, 3.05) is 0 Å². The second-order valence-corrected chi connectivity index (χ2v) is 7.53. The van der Waals surface area contributed by atoms with E-state index in [-0.39, 0.29) is 12.3 Å². The molecule has 0 unspecified atom stereocenters. The SMILES string of the molecule is Cc1ccc(-c2ccc(/C=N\NC(=O)Cc3ccc(Br)cc3)o2)cc1Br. The molecule has 6 heteroatoms. The van der Waals surface area contributed by atoms with Crippen molar-refractivity contribution in [3.05, 3.63) is 80.4 Å². The molecule has 132 valence electrons. The van der Waals surface area contributed by atoms with Gasteiger partial charge in [0.05, 0.1) is 12.6 Å². The lowest BCUT2D eigenvalue weighted by Gasteiger charge is -2.01. The fourth-order valence-corrected chi connectivity index (χ4v) is 2.96. The van der Waals surface area contributed by atoms with Crippen LogP contribution in [0.2, 0.25) is 0 Å². The van der Waals surface area contributed by atoms with Crippen LogP contribution in [0.1, 0.15) is 16.9 Å². The van der Waals surface area contributed by atoms with Crippen molar-refractivity contribution in [1.82, 2.24) is 5.43 Å². The number of carbonyl (C=O) groups is 1. The molecule has 1 heterocycles. The number of hydrazone groups is 1. The van der Waals surface area contributed by atoms with Crippen LogP contribution in [0.4, 0.5) is 0 Å². The van der Waals surface area contributed by atoms with E-state index < -0.39 is 0 Å². The molecule has 0 saturated heterocycles. The van der Waals surface area contributed by atoms with Gasteiger partial charge in [-0.15, -0.1) is 0 Å². The average molecular weight is 476 g/mol. The van der Waals surface area contributed by atoms with Gasteiger partial charge in [0, 0.05) is 14.5 Å². The van der Waals surface area contributed by atoms with Crippen molar-refractivity contribution < 1.29 is 9.21 Å². The zero-order valence-corrected chi connectivity index (χ0v) is 17.2. The molecular weight excluding hydrogens is 460 g/mol. The Morgan fingerprint density at radius 2 is 1.88 bits per heavy atom. The molecule has 26 heavy (non-hydrogen) atoms. The van der Waals surface area contributed by atoms with Gasteiger partial charge in [-0.2, -0.15) is 5.10 Å². The van der Waals surface area contributed by atoms with Gasteiger partial charge in [-0.3, -0.25) is 4.79 Å². The van der Waals surface area contributed by atoms with Gasteiger partial charge in [-0.05, 0) is 48.4 Å². The van der Waals surface area contributed by atoms with Crippen molar-refractivity contribution in [3.63, 3.8) is 0 Å². The third kappa shape index (κ3) is 4.93. The molecule has 1 aromatic heterocycles. The van der Waals surface area contributed by atoms with Crippen LogP contribution in [0.15, 0.2) is 73.1 Å². The molecule has 0 saturated carbocycles. The minimum absolute atomic E-state index is 0.183. The van der Waals surface area contributed by atoms with Gasteiger partial charge in [-0.1, -0.05) is 56.1 Å². The van der Waals surface area contributed by atoms with Crippen molar-refractivity contribution in [3.8, 4) is 11.3 Å².